The van der Waals surface area contributed by atoms with Gasteiger partial charge in [0.25, 0.3) is 11.4 Å². The molecule has 0 fully saturated rings. The third-order valence-corrected chi connectivity index (χ3v) is 2.78. The van der Waals surface area contributed by atoms with E-state index < -0.39 is 15.8 Å². The molecule has 0 bridgehead atoms. The predicted molar refractivity (Wildman–Crippen MR) is 75.3 cm³/mol. The van der Waals surface area contributed by atoms with E-state index in [9.17, 15) is 25.0 Å². The van der Waals surface area contributed by atoms with Crippen LogP contribution in [0.4, 0.5) is 11.4 Å². The lowest BCUT2D eigenvalue weighted by Gasteiger charge is -2.05. The normalized spacial score (nSPS) is 10.0. The van der Waals surface area contributed by atoms with Gasteiger partial charge in [0, 0.05) is 24.3 Å². The molecule has 0 aliphatic heterocycles. The van der Waals surface area contributed by atoms with E-state index in [1.165, 1.54) is 36.4 Å². The Morgan fingerprint density at radius 1 is 0.955 bits per heavy atom. The molecule has 0 saturated heterocycles. The summed E-state index contributed by atoms with van der Waals surface area (Å²) in [6.45, 7) is -0.163. The Balaban J connectivity index is 2.07. The van der Waals surface area contributed by atoms with Crippen LogP contribution in [0.2, 0.25) is 0 Å². The molecule has 2 aromatic carbocycles. The first-order valence-corrected chi connectivity index (χ1v) is 6.12. The van der Waals surface area contributed by atoms with E-state index >= 15 is 0 Å². The maximum Gasteiger partial charge on any atom is 0.338 e. The molecule has 0 radical (unpaired) electrons. The number of carbonyl (C=O) groups excluding carboxylic acids is 1. The number of rotatable bonds is 5. The Hall–Kier alpha value is -3.29. The number of hydrogen-bond acceptors (Lipinski definition) is 6. The zero-order valence-corrected chi connectivity index (χ0v) is 11.2. The zero-order chi connectivity index (χ0) is 16.1. The van der Waals surface area contributed by atoms with Gasteiger partial charge in [-0.3, -0.25) is 20.2 Å². The van der Waals surface area contributed by atoms with Crippen molar-refractivity contribution in [2.45, 2.75) is 6.61 Å². The minimum Gasteiger partial charge on any atom is -0.457 e. The van der Waals surface area contributed by atoms with Gasteiger partial charge in [-0.25, -0.2) is 4.79 Å². The molecule has 0 N–H and O–H groups in total. The van der Waals surface area contributed by atoms with E-state index in [4.69, 9.17) is 4.74 Å². The van der Waals surface area contributed by atoms with Crippen LogP contribution in [0.3, 0.4) is 0 Å². The fraction of sp³-hybridized carbons (Fsp3) is 0.0714. The third-order valence-electron chi connectivity index (χ3n) is 2.78. The van der Waals surface area contributed by atoms with Crippen molar-refractivity contribution in [3.8, 4) is 0 Å². The van der Waals surface area contributed by atoms with Crippen molar-refractivity contribution in [1.29, 1.82) is 0 Å². The van der Waals surface area contributed by atoms with Gasteiger partial charge in [-0.15, -0.1) is 0 Å². The lowest BCUT2D eigenvalue weighted by atomic mass is 10.2. The van der Waals surface area contributed by atoms with Crippen LogP contribution in [-0.4, -0.2) is 15.8 Å². The topological polar surface area (TPSA) is 113 Å². The number of nitro benzene ring substituents is 2. The Morgan fingerprint density at radius 3 is 2.18 bits per heavy atom. The van der Waals surface area contributed by atoms with Crippen LogP contribution in [0.5, 0.6) is 0 Å². The summed E-state index contributed by atoms with van der Waals surface area (Å²) in [5.74, 6) is -0.741. The number of nitrogens with zero attached hydrogens (tertiary/aromatic N) is 2. The molecule has 0 unspecified atom stereocenters. The first-order valence-electron chi connectivity index (χ1n) is 6.12. The van der Waals surface area contributed by atoms with Crippen LogP contribution in [0, 0.1) is 20.2 Å². The summed E-state index contributed by atoms with van der Waals surface area (Å²) < 4.78 is 5.00. The van der Waals surface area contributed by atoms with E-state index in [1.807, 2.05) is 0 Å². The smallest absolute Gasteiger partial charge is 0.338 e. The van der Waals surface area contributed by atoms with Crippen molar-refractivity contribution in [3.63, 3.8) is 0 Å². The second-order valence-electron chi connectivity index (χ2n) is 4.31. The van der Waals surface area contributed by atoms with Crippen molar-refractivity contribution in [2.75, 3.05) is 0 Å². The number of ether oxygens (including phenoxy) is 1. The first kappa shape index (κ1) is 15.1. The SMILES string of the molecule is O=C(OCc1cccc([N+](=O)[O-])c1)c1cccc([N+](=O)[O-])c1. The molecule has 8 nitrogen and oxygen atoms in total. The summed E-state index contributed by atoms with van der Waals surface area (Å²) in [6.07, 6.45) is 0. The first-order chi connectivity index (χ1) is 10.5. The van der Waals surface area contributed by atoms with Crippen LogP contribution in [0.25, 0.3) is 0 Å². The Morgan fingerprint density at radius 2 is 1.55 bits per heavy atom. The molecular formula is C14H10N2O6. The number of benzene rings is 2. The molecule has 0 spiro atoms. The summed E-state index contributed by atoms with van der Waals surface area (Å²) in [7, 11) is 0. The monoisotopic (exact) mass is 302 g/mol. The molecule has 0 aliphatic rings. The van der Waals surface area contributed by atoms with Crippen LogP contribution in [0.1, 0.15) is 15.9 Å². The van der Waals surface area contributed by atoms with Crippen LogP contribution >= 0.6 is 0 Å². The van der Waals surface area contributed by atoms with Gasteiger partial charge in [0.05, 0.1) is 15.4 Å². The van der Waals surface area contributed by atoms with Gasteiger partial charge in [0.2, 0.25) is 0 Å². The number of nitro groups is 2. The van der Waals surface area contributed by atoms with E-state index in [1.54, 1.807) is 6.07 Å². The molecule has 0 aliphatic carbocycles. The van der Waals surface area contributed by atoms with Gasteiger partial charge in [-0.1, -0.05) is 18.2 Å². The molecular weight excluding hydrogens is 292 g/mol. The summed E-state index contributed by atoms with van der Waals surface area (Å²) in [5.41, 5.74) is 0.168. The Kier molecular flexibility index (Phi) is 4.42. The van der Waals surface area contributed by atoms with Crippen LogP contribution < -0.4 is 0 Å². The molecule has 112 valence electrons. The highest BCUT2D eigenvalue weighted by molar-refractivity contribution is 5.90. The third kappa shape index (κ3) is 3.63. The van der Waals surface area contributed by atoms with Gasteiger partial charge in [-0.05, 0) is 11.6 Å². The summed E-state index contributed by atoms with van der Waals surface area (Å²) in [6, 6.07) is 10.8. The van der Waals surface area contributed by atoms with Crippen LogP contribution in [-0.2, 0) is 11.3 Å². The fourth-order valence-electron chi connectivity index (χ4n) is 1.74. The van der Waals surface area contributed by atoms with Crippen molar-refractivity contribution in [2.24, 2.45) is 0 Å². The lowest BCUT2D eigenvalue weighted by Crippen LogP contribution is -2.06. The molecule has 0 heterocycles. The fourth-order valence-corrected chi connectivity index (χ4v) is 1.74. The maximum absolute atomic E-state index is 11.8. The molecule has 22 heavy (non-hydrogen) atoms. The second kappa shape index (κ2) is 6.44. The molecule has 0 atom stereocenters. The highest BCUT2D eigenvalue weighted by Crippen LogP contribution is 2.16. The lowest BCUT2D eigenvalue weighted by molar-refractivity contribution is -0.385. The maximum atomic E-state index is 11.8. The molecule has 2 rings (SSSR count). The number of esters is 1. The predicted octanol–water partition coefficient (Wildman–Crippen LogP) is 2.86. The molecule has 8 heteroatoms. The van der Waals surface area contributed by atoms with E-state index in [-0.39, 0.29) is 23.5 Å². The molecule has 2 aromatic rings. The number of hydrogen-bond donors (Lipinski definition) is 0. The second-order valence-corrected chi connectivity index (χ2v) is 4.31. The van der Waals surface area contributed by atoms with Crippen molar-refractivity contribution >= 4 is 17.3 Å². The van der Waals surface area contributed by atoms with E-state index in [2.05, 4.69) is 0 Å². The quantitative estimate of drug-likeness (QED) is 0.476. The molecule has 0 amide bonds. The van der Waals surface area contributed by atoms with Crippen LogP contribution in [0.15, 0.2) is 48.5 Å². The number of non-ortho nitro benzene ring substituents is 2. The zero-order valence-electron chi connectivity index (χ0n) is 11.2. The number of carbonyl (C=O) groups is 1. The summed E-state index contributed by atoms with van der Waals surface area (Å²) in [4.78, 5) is 32.0. The standard InChI is InChI=1S/C14H10N2O6/c17-14(11-4-2-6-13(8-11)16(20)21)22-9-10-3-1-5-12(7-10)15(18)19/h1-8H,9H2. The molecule has 0 saturated carbocycles. The average Bonchev–Trinajstić information content (AvgIpc) is 2.53. The largest absolute Gasteiger partial charge is 0.457 e. The minimum absolute atomic E-state index is 0.0413. The van der Waals surface area contributed by atoms with Gasteiger partial charge >= 0.3 is 5.97 Å². The Labute approximate surface area is 124 Å². The van der Waals surface area contributed by atoms with Gasteiger partial charge in [0.1, 0.15) is 6.61 Å². The van der Waals surface area contributed by atoms with Gasteiger partial charge in [-0.2, -0.15) is 0 Å². The van der Waals surface area contributed by atoms with Gasteiger partial charge in [0.15, 0.2) is 0 Å². The minimum atomic E-state index is -0.741. The van der Waals surface area contributed by atoms with Crippen molar-refractivity contribution < 1.29 is 19.4 Å². The summed E-state index contributed by atoms with van der Waals surface area (Å²) in [5, 5.41) is 21.3. The average molecular weight is 302 g/mol. The van der Waals surface area contributed by atoms with Crippen molar-refractivity contribution in [3.05, 3.63) is 79.9 Å². The van der Waals surface area contributed by atoms with Gasteiger partial charge < -0.3 is 4.74 Å². The molecule has 0 aromatic heterocycles. The van der Waals surface area contributed by atoms with Crippen molar-refractivity contribution in [1.82, 2.24) is 0 Å². The highest BCUT2D eigenvalue weighted by Gasteiger charge is 2.13. The van der Waals surface area contributed by atoms with E-state index in [0.717, 1.165) is 6.07 Å². The Bertz CT molecular complexity index is 744. The highest BCUT2D eigenvalue weighted by atomic mass is 16.6. The summed E-state index contributed by atoms with van der Waals surface area (Å²) >= 11 is 0. The van der Waals surface area contributed by atoms with E-state index in [0.29, 0.717) is 5.56 Å².